The Morgan fingerprint density at radius 2 is 2.00 bits per heavy atom. The van der Waals surface area contributed by atoms with Crippen molar-refractivity contribution in [1.29, 1.82) is 5.26 Å². The van der Waals surface area contributed by atoms with Crippen LogP contribution in [0.4, 0.5) is 0 Å². The summed E-state index contributed by atoms with van der Waals surface area (Å²) in [6.07, 6.45) is 1.15. The summed E-state index contributed by atoms with van der Waals surface area (Å²) >= 11 is 15.0. The topological polar surface area (TPSA) is 87.4 Å². The van der Waals surface area contributed by atoms with Crippen LogP contribution in [0, 0.1) is 11.3 Å². The zero-order valence-corrected chi connectivity index (χ0v) is 16.5. The zero-order valence-electron chi connectivity index (χ0n) is 12.6. The molecule has 0 radical (unpaired) electrons. The SMILES string of the molecule is COc1cc(/C=C(/C#N)S(=O)(=O)c2cc(Cl)ccc2Cl)c(Br)cc1O. The van der Waals surface area contributed by atoms with E-state index in [1.54, 1.807) is 6.07 Å². The highest BCUT2D eigenvalue weighted by molar-refractivity contribution is 9.10. The van der Waals surface area contributed by atoms with Crippen LogP contribution >= 0.6 is 39.1 Å². The molecule has 0 bridgehead atoms. The van der Waals surface area contributed by atoms with Crippen LogP contribution in [0.1, 0.15) is 5.56 Å². The van der Waals surface area contributed by atoms with Crippen molar-refractivity contribution in [3.63, 3.8) is 0 Å². The molecule has 1 N–H and O–H groups in total. The van der Waals surface area contributed by atoms with Crippen LogP contribution in [0.2, 0.25) is 10.0 Å². The quantitative estimate of drug-likeness (QED) is 0.658. The number of hydrogen-bond acceptors (Lipinski definition) is 5. The third kappa shape index (κ3) is 4.10. The maximum Gasteiger partial charge on any atom is 0.218 e. The molecule has 0 aliphatic rings. The molecule has 0 spiro atoms. The number of hydrogen-bond donors (Lipinski definition) is 1. The monoisotopic (exact) mass is 461 g/mol. The number of aromatic hydroxyl groups is 1. The summed E-state index contributed by atoms with van der Waals surface area (Å²) in [5.41, 5.74) is 0.327. The normalized spacial score (nSPS) is 11.9. The first-order valence-corrected chi connectivity index (χ1v) is 9.62. The van der Waals surface area contributed by atoms with Gasteiger partial charge in [0.2, 0.25) is 9.84 Å². The zero-order chi connectivity index (χ0) is 18.8. The minimum atomic E-state index is -4.19. The van der Waals surface area contributed by atoms with Crippen molar-refractivity contribution in [2.75, 3.05) is 7.11 Å². The molecule has 0 aromatic heterocycles. The fourth-order valence-electron chi connectivity index (χ4n) is 1.95. The van der Waals surface area contributed by atoms with Gasteiger partial charge in [-0.25, -0.2) is 8.42 Å². The average molecular weight is 463 g/mol. The number of benzene rings is 2. The van der Waals surface area contributed by atoms with E-state index in [4.69, 9.17) is 27.9 Å². The number of rotatable bonds is 4. The molecule has 2 aromatic rings. The number of nitriles is 1. The second kappa shape index (κ2) is 7.67. The van der Waals surface area contributed by atoms with Gasteiger partial charge < -0.3 is 9.84 Å². The van der Waals surface area contributed by atoms with Gasteiger partial charge in [0.1, 0.15) is 11.0 Å². The maximum atomic E-state index is 12.7. The van der Waals surface area contributed by atoms with E-state index in [2.05, 4.69) is 15.9 Å². The van der Waals surface area contributed by atoms with Gasteiger partial charge >= 0.3 is 0 Å². The van der Waals surface area contributed by atoms with E-state index in [1.165, 1.54) is 37.4 Å². The van der Waals surface area contributed by atoms with E-state index >= 15 is 0 Å². The van der Waals surface area contributed by atoms with Crippen molar-refractivity contribution in [3.8, 4) is 17.6 Å². The number of ether oxygens (including phenoxy) is 1. The van der Waals surface area contributed by atoms with Gasteiger partial charge in [-0.3, -0.25) is 0 Å². The first kappa shape index (κ1) is 19.6. The summed E-state index contributed by atoms with van der Waals surface area (Å²) in [7, 11) is -2.84. The Hall–Kier alpha value is -1.72. The van der Waals surface area contributed by atoms with E-state index in [9.17, 15) is 18.8 Å². The van der Waals surface area contributed by atoms with Crippen molar-refractivity contribution in [2.45, 2.75) is 4.90 Å². The molecular formula is C16H10BrCl2NO4S. The number of methoxy groups -OCH3 is 1. The van der Waals surface area contributed by atoms with E-state index < -0.39 is 14.7 Å². The van der Waals surface area contributed by atoms with Gasteiger partial charge in [0.05, 0.1) is 17.0 Å². The number of nitrogens with zero attached hydrogens (tertiary/aromatic N) is 1. The molecule has 9 heteroatoms. The summed E-state index contributed by atoms with van der Waals surface area (Å²) in [5, 5.41) is 19.2. The summed E-state index contributed by atoms with van der Waals surface area (Å²) in [5.74, 6) is -0.00398. The molecule has 0 fully saturated rings. The number of phenolic OH excluding ortho intramolecular Hbond substituents is 1. The average Bonchev–Trinajstić information content (AvgIpc) is 2.56. The van der Waals surface area contributed by atoms with Gasteiger partial charge in [0.15, 0.2) is 11.5 Å². The molecule has 5 nitrogen and oxygen atoms in total. The lowest BCUT2D eigenvalue weighted by Crippen LogP contribution is -2.04. The Morgan fingerprint density at radius 3 is 2.60 bits per heavy atom. The van der Waals surface area contributed by atoms with E-state index in [1.807, 2.05) is 0 Å². The summed E-state index contributed by atoms with van der Waals surface area (Å²) in [4.78, 5) is -0.804. The first-order chi connectivity index (χ1) is 11.7. The van der Waals surface area contributed by atoms with Crippen molar-refractivity contribution in [3.05, 3.63) is 55.3 Å². The van der Waals surface area contributed by atoms with Crippen LogP contribution in [-0.4, -0.2) is 20.6 Å². The Balaban J connectivity index is 2.66. The van der Waals surface area contributed by atoms with E-state index in [0.717, 1.165) is 6.08 Å². The molecule has 0 amide bonds. The fraction of sp³-hybridized carbons (Fsp3) is 0.0625. The van der Waals surface area contributed by atoms with Crippen LogP contribution in [0.5, 0.6) is 11.5 Å². The fourth-order valence-corrected chi connectivity index (χ4v) is 4.30. The van der Waals surface area contributed by atoms with Crippen LogP contribution in [-0.2, 0) is 9.84 Å². The molecular weight excluding hydrogens is 453 g/mol. The molecule has 2 rings (SSSR count). The van der Waals surface area contributed by atoms with Crippen molar-refractivity contribution >= 4 is 55.0 Å². The second-order valence-electron chi connectivity index (χ2n) is 4.74. The molecule has 0 unspecified atom stereocenters. The smallest absolute Gasteiger partial charge is 0.218 e. The van der Waals surface area contributed by atoms with Gasteiger partial charge in [-0.2, -0.15) is 5.26 Å². The molecule has 25 heavy (non-hydrogen) atoms. The van der Waals surface area contributed by atoms with Gasteiger partial charge in [0, 0.05) is 9.50 Å². The summed E-state index contributed by atoms with van der Waals surface area (Å²) < 4.78 is 30.9. The van der Waals surface area contributed by atoms with Gasteiger partial charge in [-0.05, 0) is 42.0 Å². The van der Waals surface area contributed by atoms with Crippen molar-refractivity contribution < 1.29 is 18.3 Å². The van der Waals surface area contributed by atoms with Gasteiger partial charge in [-0.15, -0.1) is 0 Å². The Morgan fingerprint density at radius 1 is 1.32 bits per heavy atom. The van der Waals surface area contributed by atoms with Crippen molar-refractivity contribution in [1.82, 2.24) is 0 Å². The lowest BCUT2D eigenvalue weighted by atomic mass is 10.2. The Labute approximate surface area is 163 Å². The Bertz CT molecular complexity index is 1010. The second-order valence-corrected chi connectivity index (χ2v) is 8.33. The molecule has 0 saturated heterocycles. The minimum absolute atomic E-state index is 0.0482. The molecule has 2 aromatic carbocycles. The summed E-state index contributed by atoms with van der Waals surface area (Å²) in [6.45, 7) is 0. The predicted molar refractivity (Wildman–Crippen MR) is 99.6 cm³/mol. The maximum absolute atomic E-state index is 12.7. The molecule has 0 heterocycles. The molecule has 0 atom stereocenters. The molecule has 0 aliphatic heterocycles. The van der Waals surface area contributed by atoms with Crippen LogP contribution < -0.4 is 4.74 Å². The standard InChI is InChI=1S/C16H10BrCl2NO4S/c1-24-15-5-9(12(17)7-14(15)21)4-11(8-20)25(22,23)16-6-10(18)2-3-13(16)19/h2-7,21H,1H3/b11-4-. The van der Waals surface area contributed by atoms with Crippen molar-refractivity contribution in [2.24, 2.45) is 0 Å². The highest BCUT2D eigenvalue weighted by Gasteiger charge is 2.24. The lowest BCUT2D eigenvalue weighted by Gasteiger charge is -2.09. The van der Waals surface area contributed by atoms with Crippen LogP contribution in [0.25, 0.3) is 6.08 Å². The third-order valence-corrected chi connectivity index (χ3v) is 6.24. The highest BCUT2D eigenvalue weighted by atomic mass is 79.9. The van der Waals surface area contributed by atoms with Crippen LogP contribution in [0.3, 0.4) is 0 Å². The van der Waals surface area contributed by atoms with E-state index in [-0.39, 0.29) is 26.4 Å². The molecule has 0 aliphatic carbocycles. The van der Waals surface area contributed by atoms with Gasteiger partial charge in [-0.1, -0.05) is 39.1 Å². The predicted octanol–water partition coefficient (Wildman–Crippen LogP) is 4.81. The largest absolute Gasteiger partial charge is 0.504 e. The van der Waals surface area contributed by atoms with Gasteiger partial charge in [0.25, 0.3) is 0 Å². The number of sulfone groups is 1. The first-order valence-electron chi connectivity index (χ1n) is 6.59. The van der Waals surface area contributed by atoms with Crippen LogP contribution in [0.15, 0.2) is 44.6 Å². The van der Waals surface area contributed by atoms with E-state index in [0.29, 0.717) is 10.0 Å². The third-order valence-electron chi connectivity index (χ3n) is 3.17. The number of allylic oxidation sites excluding steroid dienone is 1. The minimum Gasteiger partial charge on any atom is -0.504 e. The molecule has 130 valence electrons. The summed E-state index contributed by atoms with van der Waals surface area (Å²) in [6, 6.07) is 8.35. The number of halogens is 3. The number of phenols is 1. The molecule has 0 saturated carbocycles. The highest BCUT2D eigenvalue weighted by Crippen LogP contribution is 2.35. The Kier molecular flexibility index (Phi) is 6.01. The lowest BCUT2D eigenvalue weighted by molar-refractivity contribution is 0.373.